The zero-order valence-corrected chi connectivity index (χ0v) is 14.2. The first-order valence-electron chi connectivity index (χ1n) is 7.69. The molecule has 0 bridgehead atoms. The molecule has 1 aliphatic rings. The Bertz CT molecular complexity index is 647. The summed E-state index contributed by atoms with van der Waals surface area (Å²) in [6.45, 7) is 6.62. The lowest BCUT2D eigenvalue weighted by Crippen LogP contribution is -2.46. The predicted molar refractivity (Wildman–Crippen MR) is 87.4 cm³/mol. The molecule has 0 aliphatic carbocycles. The summed E-state index contributed by atoms with van der Waals surface area (Å²) in [6.07, 6.45) is 1.33. The van der Waals surface area contributed by atoms with E-state index in [1.807, 2.05) is 32.0 Å². The summed E-state index contributed by atoms with van der Waals surface area (Å²) in [4.78, 5) is 12.3. The molecule has 0 aromatic heterocycles. The molecule has 6 heteroatoms. The number of carbonyl (C=O) groups excluding carboxylic acids is 1. The number of nitrogens with zero attached hydrogens (tertiary/aromatic N) is 1. The van der Waals surface area contributed by atoms with Gasteiger partial charge in [-0.05, 0) is 56.9 Å². The highest BCUT2D eigenvalue weighted by Gasteiger charge is 2.27. The Kier molecular flexibility index (Phi) is 5.24. The van der Waals surface area contributed by atoms with Crippen molar-refractivity contribution >= 4 is 15.9 Å². The lowest BCUT2D eigenvalue weighted by atomic mass is 10.0. The van der Waals surface area contributed by atoms with E-state index in [1.54, 1.807) is 6.92 Å². The number of amides is 1. The number of sulfonamides is 1. The maximum atomic E-state index is 12.3. The van der Waals surface area contributed by atoms with Crippen LogP contribution in [0.3, 0.4) is 0 Å². The van der Waals surface area contributed by atoms with E-state index in [0.717, 1.165) is 11.1 Å². The van der Waals surface area contributed by atoms with Gasteiger partial charge in [0.15, 0.2) is 0 Å². The van der Waals surface area contributed by atoms with E-state index >= 15 is 0 Å². The van der Waals surface area contributed by atoms with Crippen molar-refractivity contribution in [1.29, 1.82) is 0 Å². The van der Waals surface area contributed by atoms with Crippen LogP contribution in [0.5, 0.6) is 0 Å². The van der Waals surface area contributed by atoms with Gasteiger partial charge in [-0.25, -0.2) is 12.7 Å². The van der Waals surface area contributed by atoms with Crippen LogP contribution in [0.25, 0.3) is 0 Å². The standard InChI is InChI=1S/C16H24N2O3S/c1-4-22(20,21)18-9-7-15(8-10-18)17-16(19)14-6-5-12(2)13(3)11-14/h5-6,11,15H,4,7-10H2,1-3H3,(H,17,19). The molecule has 1 aromatic rings. The van der Waals surface area contributed by atoms with Crippen molar-refractivity contribution in [3.63, 3.8) is 0 Å². The molecule has 22 heavy (non-hydrogen) atoms. The third kappa shape index (κ3) is 3.87. The molecule has 1 N–H and O–H groups in total. The molecule has 0 atom stereocenters. The summed E-state index contributed by atoms with van der Waals surface area (Å²) in [5, 5.41) is 3.01. The molecule has 1 heterocycles. The van der Waals surface area contributed by atoms with E-state index in [2.05, 4.69) is 5.32 Å². The van der Waals surface area contributed by atoms with E-state index in [4.69, 9.17) is 0 Å². The summed E-state index contributed by atoms with van der Waals surface area (Å²) in [7, 11) is -3.12. The second kappa shape index (κ2) is 6.79. The van der Waals surface area contributed by atoms with Crippen LogP contribution in [0.2, 0.25) is 0 Å². The van der Waals surface area contributed by atoms with Crippen LogP contribution in [0.4, 0.5) is 0 Å². The average molecular weight is 324 g/mol. The van der Waals surface area contributed by atoms with Gasteiger partial charge in [0.1, 0.15) is 0 Å². The normalized spacial score (nSPS) is 17.4. The average Bonchev–Trinajstić information content (AvgIpc) is 2.50. The Balaban J connectivity index is 1.93. The maximum Gasteiger partial charge on any atom is 0.251 e. The molecule has 0 saturated carbocycles. The highest BCUT2D eigenvalue weighted by atomic mass is 32.2. The number of hydrogen-bond acceptors (Lipinski definition) is 3. The first kappa shape index (κ1) is 17.0. The summed E-state index contributed by atoms with van der Waals surface area (Å²) in [5.41, 5.74) is 2.91. The Morgan fingerprint density at radius 3 is 2.41 bits per heavy atom. The van der Waals surface area contributed by atoms with Crippen LogP contribution in [0.15, 0.2) is 18.2 Å². The number of carbonyl (C=O) groups is 1. The lowest BCUT2D eigenvalue weighted by Gasteiger charge is -2.31. The molecule has 5 nitrogen and oxygen atoms in total. The minimum absolute atomic E-state index is 0.0393. The molecule has 1 amide bonds. The summed E-state index contributed by atoms with van der Waals surface area (Å²) in [6, 6.07) is 5.70. The van der Waals surface area contributed by atoms with Gasteiger partial charge < -0.3 is 5.32 Å². The van der Waals surface area contributed by atoms with Crippen molar-refractivity contribution in [2.24, 2.45) is 0 Å². The van der Waals surface area contributed by atoms with Gasteiger partial charge in [0, 0.05) is 24.7 Å². The number of aryl methyl sites for hydroxylation is 2. The molecule has 0 unspecified atom stereocenters. The van der Waals surface area contributed by atoms with Crippen LogP contribution >= 0.6 is 0 Å². The molecule has 1 aromatic carbocycles. The van der Waals surface area contributed by atoms with Crippen LogP contribution in [0, 0.1) is 13.8 Å². The molecule has 0 radical (unpaired) electrons. The molecule has 1 fully saturated rings. The Hall–Kier alpha value is -1.40. The third-order valence-electron chi connectivity index (χ3n) is 4.32. The van der Waals surface area contributed by atoms with Gasteiger partial charge >= 0.3 is 0 Å². The maximum absolute atomic E-state index is 12.3. The van der Waals surface area contributed by atoms with Crippen molar-refractivity contribution in [2.75, 3.05) is 18.8 Å². The molecule has 2 rings (SSSR count). The number of hydrogen-bond donors (Lipinski definition) is 1. The largest absolute Gasteiger partial charge is 0.349 e. The first-order chi connectivity index (χ1) is 10.3. The minimum Gasteiger partial charge on any atom is -0.349 e. The SMILES string of the molecule is CCS(=O)(=O)N1CCC(NC(=O)c2ccc(C)c(C)c2)CC1. The topological polar surface area (TPSA) is 66.5 Å². The van der Waals surface area contributed by atoms with Crippen molar-refractivity contribution in [1.82, 2.24) is 9.62 Å². The van der Waals surface area contributed by atoms with Crippen molar-refractivity contribution in [2.45, 2.75) is 39.7 Å². The van der Waals surface area contributed by atoms with Gasteiger partial charge in [-0.3, -0.25) is 4.79 Å². The second-order valence-electron chi connectivity index (χ2n) is 5.85. The predicted octanol–water partition coefficient (Wildman–Crippen LogP) is 1.85. The Labute approximate surface area is 132 Å². The highest BCUT2D eigenvalue weighted by molar-refractivity contribution is 7.89. The molecule has 122 valence electrons. The van der Waals surface area contributed by atoms with Gasteiger partial charge in [0.05, 0.1) is 5.75 Å². The van der Waals surface area contributed by atoms with Gasteiger partial charge in [-0.2, -0.15) is 0 Å². The minimum atomic E-state index is -3.12. The highest BCUT2D eigenvalue weighted by Crippen LogP contribution is 2.16. The van der Waals surface area contributed by atoms with E-state index in [0.29, 0.717) is 31.5 Å². The Morgan fingerprint density at radius 1 is 1.23 bits per heavy atom. The fraction of sp³-hybridized carbons (Fsp3) is 0.562. The van der Waals surface area contributed by atoms with E-state index in [1.165, 1.54) is 4.31 Å². The molecule has 0 spiro atoms. The van der Waals surface area contributed by atoms with Crippen LogP contribution in [-0.2, 0) is 10.0 Å². The Morgan fingerprint density at radius 2 is 1.86 bits per heavy atom. The second-order valence-corrected chi connectivity index (χ2v) is 8.10. The zero-order chi connectivity index (χ0) is 16.3. The summed E-state index contributed by atoms with van der Waals surface area (Å²) >= 11 is 0. The van der Waals surface area contributed by atoms with E-state index in [-0.39, 0.29) is 17.7 Å². The summed E-state index contributed by atoms with van der Waals surface area (Å²) in [5.74, 6) is 0.0482. The zero-order valence-electron chi connectivity index (χ0n) is 13.4. The van der Waals surface area contributed by atoms with Crippen LogP contribution < -0.4 is 5.32 Å². The fourth-order valence-corrected chi connectivity index (χ4v) is 3.74. The molecule has 1 aliphatic heterocycles. The number of benzene rings is 1. The summed E-state index contributed by atoms with van der Waals surface area (Å²) < 4.78 is 25.1. The van der Waals surface area contributed by atoms with Gasteiger partial charge in [-0.15, -0.1) is 0 Å². The van der Waals surface area contributed by atoms with Crippen molar-refractivity contribution in [3.8, 4) is 0 Å². The number of piperidine rings is 1. The molecule has 1 saturated heterocycles. The molecular formula is C16H24N2O3S. The smallest absolute Gasteiger partial charge is 0.251 e. The third-order valence-corrected chi connectivity index (χ3v) is 6.20. The van der Waals surface area contributed by atoms with Gasteiger partial charge in [-0.1, -0.05) is 6.07 Å². The number of nitrogens with one attached hydrogen (secondary N) is 1. The lowest BCUT2D eigenvalue weighted by molar-refractivity contribution is 0.0924. The number of rotatable bonds is 4. The van der Waals surface area contributed by atoms with E-state index < -0.39 is 10.0 Å². The van der Waals surface area contributed by atoms with Crippen molar-refractivity contribution in [3.05, 3.63) is 34.9 Å². The van der Waals surface area contributed by atoms with Gasteiger partial charge in [0.25, 0.3) is 5.91 Å². The molecular weight excluding hydrogens is 300 g/mol. The fourth-order valence-electron chi connectivity index (χ4n) is 2.61. The van der Waals surface area contributed by atoms with Gasteiger partial charge in [0.2, 0.25) is 10.0 Å². The first-order valence-corrected chi connectivity index (χ1v) is 9.30. The van der Waals surface area contributed by atoms with E-state index in [9.17, 15) is 13.2 Å². The van der Waals surface area contributed by atoms with Crippen LogP contribution in [-0.4, -0.2) is 43.5 Å². The monoisotopic (exact) mass is 324 g/mol. The van der Waals surface area contributed by atoms with Crippen molar-refractivity contribution < 1.29 is 13.2 Å². The van der Waals surface area contributed by atoms with Crippen LogP contribution in [0.1, 0.15) is 41.3 Å². The quantitative estimate of drug-likeness (QED) is 0.919.